The number of carboxylic acid groups (broad SMARTS) is 1. The lowest BCUT2D eigenvalue weighted by Gasteiger charge is -2.20. The van der Waals surface area contributed by atoms with Gasteiger partial charge in [0.1, 0.15) is 11.4 Å². The Labute approximate surface area is 109 Å². The van der Waals surface area contributed by atoms with Crippen molar-refractivity contribution in [3.05, 3.63) is 23.4 Å². The molecule has 0 aromatic carbocycles. The van der Waals surface area contributed by atoms with Crippen molar-refractivity contribution >= 4 is 23.5 Å². The number of carboxylic acids is 1. The Morgan fingerprint density at radius 2 is 1.89 bits per heavy atom. The van der Waals surface area contributed by atoms with Gasteiger partial charge in [-0.05, 0) is 26.8 Å². The first kappa shape index (κ1) is 14.6. The summed E-state index contributed by atoms with van der Waals surface area (Å²) >= 11 is 0. The van der Waals surface area contributed by atoms with E-state index in [-0.39, 0.29) is 11.4 Å². The molecule has 1 aromatic rings. The highest BCUT2D eigenvalue weighted by Gasteiger charge is 2.28. The number of carbonyl (C=O) groups excluding carboxylic acids is 2. The van der Waals surface area contributed by atoms with Crippen LogP contribution in [0.4, 0.5) is 5.82 Å². The molecule has 0 saturated carbocycles. The molecule has 0 atom stereocenters. The van der Waals surface area contributed by atoms with Crippen molar-refractivity contribution in [2.45, 2.75) is 26.4 Å². The fraction of sp³-hybridized carbons (Fsp3) is 0.333. The fourth-order valence-corrected chi connectivity index (χ4v) is 1.33. The van der Waals surface area contributed by atoms with Gasteiger partial charge in [-0.15, -0.1) is 0 Å². The van der Waals surface area contributed by atoms with E-state index >= 15 is 0 Å². The van der Waals surface area contributed by atoms with E-state index in [1.54, 1.807) is 20.8 Å². The summed E-state index contributed by atoms with van der Waals surface area (Å²) in [6, 6.07) is 1.20. The third-order valence-corrected chi connectivity index (χ3v) is 2.02. The van der Waals surface area contributed by atoms with Crippen LogP contribution in [0.2, 0.25) is 0 Å². The first-order valence-electron chi connectivity index (χ1n) is 5.39. The Morgan fingerprint density at radius 1 is 1.32 bits per heavy atom. The zero-order chi connectivity index (χ0) is 14.8. The molecule has 1 aromatic heterocycles. The van der Waals surface area contributed by atoms with Crippen molar-refractivity contribution in [3.63, 3.8) is 0 Å². The number of rotatable bonds is 3. The first-order valence-corrected chi connectivity index (χ1v) is 5.39. The smallest absolute Gasteiger partial charge is 0.377 e. The monoisotopic (exact) mass is 266 g/mol. The van der Waals surface area contributed by atoms with E-state index < -0.39 is 28.9 Å². The molecule has 0 bridgehead atoms. The summed E-state index contributed by atoms with van der Waals surface area (Å²) in [5.74, 6) is -4.17. The molecule has 0 aliphatic carbocycles. The normalized spacial score (nSPS) is 10.9. The quantitative estimate of drug-likeness (QED) is 0.473. The van der Waals surface area contributed by atoms with Crippen LogP contribution in [0, 0.1) is 0 Å². The minimum atomic E-state index is -1.72. The number of nitrogen functional groups attached to an aromatic ring is 1. The Balaban J connectivity index is 3.29. The second-order valence-corrected chi connectivity index (χ2v) is 4.75. The molecule has 7 nitrogen and oxygen atoms in total. The van der Waals surface area contributed by atoms with Crippen molar-refractivity contribution in [3.8, 4) is 0 Å². The summed E-state index contributed by atoms with van der Waals surface area (Å²) in [5.41, 5.74) is 4.01. The lowest BCUT2D eigenvalue weighted by atomic mass is 10.0. The fourth-order valence-electron chi connectivity index (χ4n) is 1.33. The van der Waals surface area contributed by atoms with Gasteiger partial charge in [-0.25, -0.2) is 14.6 Å². The van der Waals surface area contributed by atoms with Crippen LogP contribution >= 0.6 is 0 Å². The summed E-state index contributed by atoms with van der Waals surface area (Å²) in [6.45, 7) is 4.94. The summed E-state index contributed by atoms with van der Waals surface area (Å²) in [7, 11) is 0. The zero-order valence-electron chi connectivity index (χ0n) is 10.8. The van der Waals surface area contributed by atoms with Crippen LogP contribution in [0.5, 0.6) is 0 Å². The predicted molar refractivity (Wildman–Crippen MR) is 65.8 cm³/mol. The Kier molecular flexibility index (Phi) is 3.89. The number of ketones is 1. The largest absolute Gasteiger partial charge is 0.475 e. The topological polar surface area (TPSA) is 120 Å². The average molecular weight is 266 g/mol. The molecule has 0 aliphatic heterocycles. The van der Waals surface area contributed by atoms with Crippen LogP contribution < -0.4 is 5.73 Å². The summed E-state index contributed by atoms with van der Waals surface area (Å²) < 4.78 is 5.08. The number of pyridine rings is 1. The molecule has 0 amide bonds. The van der Waals surface area contributed by atoms with Crippen molar-refractivity contribution < 1.29 is 24.2 Å². The Bertz CT molecular complexity index is 546. The number of aliphatic carboxylic acids is 1. The van der Waals surface area contributed by atoms with Gasteiger partial charge < -0.3 is 15.6 Å². The molecule has 19 heavy (non-hydrogen) atoms. The van der Waals surface area contributed by atoms with Crippen LogP contribution in [0.1, 0.15) is 41.5 Å². The number of ether oxygens (including phenoxy) is 1. The molecular formula is C12H14N2O5. The SMILES string of the molecule is CC(C)(C)OC(=O)c1ccnc(N)c1C(=O)C(=O)O. The van der Waals surface area contributed by atoms with Gasteiger partial charge >= 0.3 is 11.9 Å². The van der Waals surface area contributed by atoms with Crippen LogP contribution in [-0.4, -0.2) is 33.4 Å². The van der Waals surface area contributed by atoms with Gasteiger partial charge in [-0.2, -0.15) is 0 Å². The van der Waals surface area contributed by atoms with E-state index in [9.17, 15) is 14.4 Å². The molecule has 3 N–H and O–H groups in total. The van der Waals surface area contributed by atoms with E-state index in [0.29, 0.717) is 0 Å². The maximum absolute atomic E-state index is 11.9. The molecule has 1 rings (SSSR count). The molecule has 0 fully saturated rings. The first-order chi connectivity index (χ1) is 8.63. The van der Waals surface area contributed by atoms with Crippen molar-refractivity contribution in [2.75, 3.05) is 5.73 Å². The van der Waals surface area contributed by atoms with E-state index in [1.165, 1.54) is 12.3 Å². The van der Waals surface area contributed by atoms with Gasteiger partial charge in [-0.1, -0.05) is 0 Å². The highest BCUT2D eigenvalue weighted by Crippen LogP contribution is 2.19. The lowest BCUT2D eigenvalue weighted by Crippen LogP contribution is -2.27. The molecular weight excluding hydrogens is 252 g/mol. The van der Waals surface area contributed by atoms with Crippen LogP contribution in [0.15, 0.2) is 12.3 Å². The molecule has 1 heterocycles. The summed E-state index contributed by atoms with van der Waals surface area (Å²) in [6.07, 6.45) is 1.20. The minimum Gasteiger partial charge on any atom is -0.475 e. The number of esters is 1. The number of nitrogens with zero attached hydrogens (tertiary/aromatic N) is 1. The van der Waals surface area contributed by atoms with Crippen LogP contribution in [0.3, 0.4) is 0 Å². The van der Waals surface area contributed by atoms with E-state index in [1.807, 2.05) is 0 Å². The van der Waals surface area contributed by atoms with Gasteiger partial charge in [0.15, 0.2) is 0 Å². The molecule has 0 aliphatic rings. The Hall–Kier alpha value is -2.44. The average Bonchev–Trinajstić information content (AvgIpc) is 2.25. The van der Waals surface area contributed by atoms with Gasteiger partial charge in [0.25, 0.3) is 5.78 Å². The zero-order valence-corrected chi connectivity index (χ0v) is 10.8. The molecule has 0 radical (unpaired) electrons. The summed E-state index contributed by atoms with van der Waals surface area (Å²) in [4.78, 5) is 37.8. The molecule has 0 saturated heterocycles. The second kappa shape index (κ2) is 5.05. The lowest BCUT2D eigenvalue weighted by molar-refractivity contribution is -0.131. The van der Waals surface area contributed by atoms with Crippen LogP contribution in [-0.2, 0) is 9.53 Å². The minimum absolute atomic E-state index is 0.213. The number of hydrogen-bond donors (Lipinski definition) is 2. The Morgan fingerprint density at radius 3 is 2.37 bits per heavy atom. The predicted octanol–water partition coefficient (Wildman–Crippen LogP) is 0.886. The van der Waals surface area contributed by atoms with Crippen molar-refractivity contribution in [1.82, 2.24) is 4.98 Å². The third kappa shape index (κ3) is 3.51. The highest BCUT2D eigenvalue weighted by molar-refractivity contribution is 6.42. The number of aromatic nitrogens is 1. The van der Waals surface area contributed by atoms with E-state index in [2.05, 4.69) is 4.98 Å². The standard InChI is InChI=1S/C12H14N2O5/c1-12(2,3)19-11(18)6-4-5-14-9(13)7(6)8(15)10(16)17/h4-5H,1-3H3,(H2,13,14)(H,16,17). The van der Waals surface area contributed by atoms with E-state index in [4.69, 9.17) is 15.6 Å². The maximum Gasteiger partial charge on any atom is 0.377 e. The van der Waals surface area contributed by atoms with Gasteiger partial charge in [-0.3, -0.25) is 4.79 Å². The van der Waals surface area contributed by atoms with Gasteiger partial charge in [0, 0.05) is 6.20 Å². The van der Waals surface area contributed by atoms with Crippen molar-refractivity contribution in [2.24, 2.45) is 0 Å². The third-order valence-electron chi connectivity index (χ3n) is 2.02. The van der Waals surface area contributed by atoms with Gasteiger partial charge in [0.2, 0.25) is 0 Å². The number of hydrogen-bond acceptors (Lipinski definition) is 6. The maximum atomic E-state index is 11.9. The number of nitrogens with two attached hydrogens (primary N) is 1. The summed E-state index contributed by atoms with van der Waals surface area (Å²) in [5, 5.41) is 8.71. The molecule has 0 unspecified atom stereocenters. The number of carbonyl (C=O) groups is 3. The molecule has 7 heteroatoms. The number of anilines is 1. The van der Waals surface area contributed by atoms with Gasteiger partial charge in [0.05, 0.1) is 11.1 Å². The van der Waals surface area contributed by atoms with Crippen LogP contribution in [0.25, 0.3) is 0 Å². The van der Waals surface area contributed by atoms with Crippen molar-refractivity contribution in [1.29, 1.82) is 0 Å². The highest BCUT2D eigenvalue weighted by atomic mass is 16.6. The molecule has 0 spiro atoms. The second-order valence-electron chi connectivity index (χ2n) is 4.75. The van der Waals surface area contributed by atoms with E-state index in [0.717, 1.165) is 0 Å². The number of Topliss-reactive ketones (excluding diaryl/α,β-unsaturated/α-hetero) is 1. The molecule has 102 valence electrons.